The van der Waals surface area contributed by atoms with Crippen LogP contribution in [0.2, 0.25) is 10.0 Å². The minimum Gasteiger partial charge on any atom is -0.341 e. The molecule has 6 aromatic rings. The van der Waals surface area contributed by atoms with E-state index in [-0.39, 0.29) is 29.7 Å². The molecule has 2 aliphatic heterocycles. The lowest BCUT2D eigenvalue weighted by Gasteiger charge is -2.28. The first-order chi connectivity index (χ1) is 29.4. The van der Waals surface area contributed by atoms with Crippen LogP contribution < -0.4 is 10.6 Å². The number of halogens is 2. The number of aromatic amines is 2. The van der Waals surface area contributed by atoms with Gasteiger partial charge in [-0.3, -0.25) is 19.2 Å². The molecule has 61 heavy (non-hydrogen) atoms. The molecule has 4 aromatic carbocycles. The van der Waals surface area contributed by atoms with Gasteiger partial charge < -0.3 is 30.4 Å². The van der Waals surface area contributed by atoms with E-state index in [0.29, 0.717) is 52.3 Å². The third-order valence-electron chi connectivity index (χ3n) is 11.0. The molecule has 4 atom stereocenters. The lowest BCUT2D eigenvalue weighted by Crippen LogP contribution is -2.42. The average molecular weight is 854 g/mol. The molecule has 0 radical (unpaired) electrons. The molecule has 2 aromatic heterocycles. The van der Waals surface area contributed by atoms with E-state index in [1.54, 1.807) is 64.5 Å². The van der Waals surface area contributed by atoms with Crippen LogP contribution in [-0.4, -0.2) is 66.5 Å². The molecule has 308 valence electrons. The van der Waals surface area contributed by atoms with Crippen LogP contribution in [0.15, 0.2) is 109 Å². The van der Waals surface area contributed by atoms with Gasteiger partial charge in [0, 0.05) is 59.2 Å². The molecular formula is C47H42Cl2N8O4. The fourth-order valence-electron chi connectivity index (χ4n) is 8.09. The van der Waals surface area contributed by atoms with Crippen LogP contribution in [0.1, 0.15) is 91.2 Å². The zero-order valence-electron chi connectivity index (χ0n) is 33.5. The first kappa shape index (κ1) is 41.1. The molecule has 0 unspecified atom stereocenters. The van der Waals surface area contributed by atoms with Crippen LogP contribution >= 0.6 is 23.2 Å². The first-order valence-corrected chi connectivity index (χ1v) is 20.7. The minimum atomic E-state index is -0.959. The summed E-state index contributed by atoms with van der Waals surface area (Å²) in [5.41, 5.74) is 6.79. The van der Waals surface area contributed by atoms with Crippen molar-refractivity contribution in [3.8, 4) is 23.1 Å². The van der Waals surface area contributed by atoms with Gasteiger partial charge in [0.15, 0.2) is 0 Å². The maximum Gasteiger partial charge on any atom is 0.250 e. The maximum absolute atomic E-state index is 14.0. The number of hydrogen-bond donors (Lipinski definition) is 4. The molecular weight excluding hydrogens is 811 g/mol. The number of aromatic nitrogens is 4. The Labute approximate surface area is 362 Å². The number of likely N-dealkylation sites (tertiary alicyclic amines) is 2. The molecule has 14 heteroatoms. The van der Waals surface area contributed by atoms with E-state index < -0.39 is 18.1 Å². The van der Waals surface area contributed by atoms with Crippen LogP contribution in [0.4, 0.5) is 0 Å². The second-order valence-electron chi connectivity index (χ2n) is 15.3. The second kappa shape index (κ2) is 17.5. The molecule has 12 nitrogen and oxygen atoms in total. The van der Waals surface area contributed by atoms with Crippen molar-refractivity contribution in [2.75, 3.05) is 13.1 Å². The Hall–Kier alpha value is -6.68. The highest BCUT2D eigenvalue weighted by molar-refractivity contribution is 6.32. The summed E-state index contributed by atoms with van der Waals surface area (Å²) in [4.78, 5) is 72.1. The smallest absolute Gasteiger partial charge is 0.250 e. The number of fused-ring (bicyclic) bond motifs is 1. The number of nitrogens with one attached hydrogen (secondary N) is 4. The SMILES string of the molecule is C=C1C[C@@H](c2ncc(-c3ccc(C#Cc4ccc5nc([C@@H]6CCCN6C(=O)[C@H](NC(C)=O)c6ccccc6Cl)[nH]c5c4)cc3)[nH]2)N(C(=O)[C@H](NC(C)=O)c2ccccc2Cl)C1. The summed E-state index contributed by atoms with van der Waals surface area (Å²) in [6.45, 7) is 7.77. The molecule has 0 saturated carbocycles. The predicted molar refractivity (Wildman–Crippen MR) is 234 cm³/mol. The van der Waals surface area contributed by atoms with Crippen LogP contribution in [0.25, 0.3) is 22.3 Å². The second-order valence-corrected chi connectivity index (χ2v) is 16.1. The van der Waals surface area contributed by atoms with Crippen molar-refractivity contribution in [3.63, 3.8) is 0 Å². The third-order valence-corrected chi connectivity index (χ3v) is 11.7. The molecule has 4 heterocycles. The van der Waals surface area contributed by atoms with E-state index in [0.717, 1.165) is 51.8 Å². The number of hydrogen-bond acceptors (Lipinski definition) is 6. The topological polar surface area (TPSA) is 156 Å². The number of imidazole rings is 2. The average Bonchev–Trinajstić information content (AvgIpc) is 4.08. The fourth-order valence-corrected chi connectivity index (χ4v) is 8.58. The van der Waals surface area contributed by atoms with Crippen molar-refractivity contribution in [2.45, 2.75) is 57.3 Å². The summed E-state index contributed by atoms with van der Waals surface area (Å²) in [5, 5.41) is 6.37. The van der Waals surface area contributed by atoms with E-state index in [4.69, 9.17) is 28.2 Å². The van der Waals surface area contributed by atoms with Crippen molar-refractivity contribution in [2.24, 2.45) is 0 Å². The Morgan fingerprint density at radius 3 is 2.02 bits per heavy atom. The summed E-state index contributed by atoms with van der Waals surface area (Å²) in [5.74, 6) is 6.59. The Morgan fingerprint density at radius 1 is 0.770 bits per heavy atom. The lowest BCUT2D eigenvalue weighted by molar-refractivity contribution is -0.137. The van der Waals surface area contributed by atoms with Gasteiger partial charge in [-0.05, 0) is 67.3 Å². The molecule has 4 N–H and O–H groups in total. The Bertz CT molecular complexity index is 2750. The predicted octanol–water partition coefficient (Wildman–Crippen LogP) is 7.91. The van der Waals surface area contributed by atoms with Gasteiger partial charge in [-0.1, -0.05) is 95.7 Å². The zero-order chi connectivity index (χ0) is 42.8. The summed E-state index contributed by atoms with van der Waals surface area (Å²) in [7, 11) is 0. The van der Waals surface area contributed by atoms with Gasteiger partial charge in [0.1, 0.15) is 23.7 Å². The number of carbonyl (C=O) groups excluding carboxylic acids is 4. The minimum absolute atomic E-state index is 0.237. The lowest BCUT2D eigenvalue weighted by atomic mass is 10.0. The van der Waals surface area contributed by atoms with E-state index >= 15 is 0 Å². The van der Waals surface area contributed by atoms with Crippen molar-refractivity contribution in [3.05, 3.63) is 153 Å². The summed E-state index contributed by atoms with van der Waals surface area (Å²) in [6.07, 6.45) is 3.79. The number of rotatable bonds is 9. The Kier molecular flexibility index (Phi) is 11.8. The van der Waals surface area contributed by atoms with E-state index in [2.05, 4.69) is 44.0 Å². The molecule has 2 fully saturated rings. The van der Waals surface area contributed by atoms with Gasteiger partial charge >= 0.3 is 0 Å². The number of nitrogens with zero attached hydrogens (tertiary/aromatic N) is 4. The molecule has 4 amide bonds. The highest BCUT2D eigenvalue weighted by atomic mass is 35.5. The number of carbonyl (C=O) groups is 4. The van der Waals surface area contributed by atoms with Gasteiger partial charge in [-0.25, -0.2) is 9.97 Å². The van der Waals surface area contributed by atoms with Crippen molar-refractivity contribution < 1.29 is 19.2 Å². The molecule has 0 spiro atoms. The molecule has 8 rings (SSSR count). The summed E-state index contributed by atoms with van der Waals surface area (Å²) >= 11 is 12.9. The van der Waals surface area contributed by atoms with E-state index in [1.165, 1.54) is 13.8 Å². The van der Waals surface area contributed by atoms with Gasteiger partial charge in [0.2, 0.25) is 17.7 Å². The van der Waals surface area contributed by atoms with Gasteiger partial charge in [-0.2, -0.15) is 0 Å². The Balaban J connectivity index is 0.957. The fraction of sp³-hybridized carbons (Fsp3) is 0.234. The number of benzene rings is 4. The highest BCUT2D eigenvalue weighted by Gasteiger charge is 2.39. The molecule has 0 bridgehead atoms. The number of H-pyrrole nitrogens is 2. The maximum atomic E-state index is 14.0. The van der Waals surface area contributed by atoms with Gasteiger partial charge in [0.05, 0.1) is 35.0 Å². The monoisotopic (exact) mass is 852 g/mol. The van der Waals surface area contributed by atoms with Crippen LogP contribution in [0.5, 0.6) is 0 Å². The zero-order valence-corrected chi connectivity index (χ0v) is 35.0. The quantitative estimate of drug-likeness (QED) is 0.0856. The van der Waals surface area contributed by atoms with Gasteiger partial charge in [0.25, 0.3) is 5.91 Å². The van der Waals surface area contributed by atoms with Gasteiger partial charge in [-0.15, -0.1) is 0 Å². The summed E-state index contributed by atoms with van der Waals surface area (Å²) < 4.78 is 0. The summed E-state index contributed by atoms with van der Waals surface area (Å²) in [6, 6.07) is 25.0. The van der Waals surface area contributed by atoms with Crippen molar-refractivity contribution in [1.29, 1.82) is 0 Å². The first-order valence-electron chi connectivity index (χ1n) is 19.9. The van der Waals surface area contributed by atoms with Crippen molar-refractivity contribution in [1.82, 2.24) is 40.4 Å². The van der Waals surface area contributed by atoms with Crippen LogP contribution in [0.3, 0.4) is 0 Å². The largest absolute Gasteiger partial charge is 0.341 e. The molecule has 0 aliphatic carbocycles. The van der Waals surface area contributed by atoms with Crippen molar-refractivity contribution >= 4 is 57.9 Å². The van der Waals surface area contributed by atoms with Crippen LogP contribution in [-0.2, 0) is 19.2 Å². The normalized spacial score (nSPS) is 17.1. The standard InChI is InChI=1S/C47H42Cl2N8O4/c1-27-23-41(57(26-27)47(61)43(52-29(3)59)34-10-5-7-12-36(34)49)44-50-25-39(55-44)32-19-16-30(17-20-32)14-15-31-18-21-37-38(24-31)54-45(53-37)40-13-8-22-56(40)46(60)42(51-28(2)58)33-9-4-6-11-35(33)48/h4-7,9-12,16-21,24-25,40-43H,1,8,13,22-23,26H2,2-3H3,(H,50,55)(H,51,58)(H,52,59)(H,53,54)/t40-,41-,42+,43+/m0/s1. The molecule has 2 saturated heterocycles. The van der Waals surface area contributed by atoms with E-state index in [9.17, 15) is 19.2 Å². The third kappa shape index (κ3) is 8.80. The van der Waals surface area contributed by atoms with E-state index in [1.807, 2.05) is 42.5 Å². The Morgan fingerprint density at radius 2 is 1.38 bits per heavy atom. The molecule has 2 aliphatic rings. The number of amides is 4. The van der Waals surface area contributed by atoms with Crippen LogP contribution in [0, 0.1) is 11.8 Å². The highest BCUT2D eigenvalue weighted by Crippen LogP contribution is 2.38.